The van der Waals surface area contributed by atoms with E-state index in [0.717, 1.165) is 43.2 Å². The number of fused-ring (bicyclic) bond motifs is 1. The van der Waals surface area contributed by atoms with Gasteiger partial charge in [0.1, 0.15) is 11.5 Å². The number of piperidine rings is 1. The molecule has 1 aliphatic heterocycles. The second-order valence-electron chi connectivity index (χ2n) is 7.56. The fourth-order valence-corrected chi connectivity index (χ4v) is 3.65. The number of hydrogen-bond acceptors (Lipinski definition) is 5. The third kappa shape index (κ3) is 5.14. The Bertz CT molecular complexity index is 814. The molecule has 1 aliphatic rings. The minimum Gasteiger partial charge on any atom is -0.507 e. The van der Waals surface area contributed by atoms with E-state index in [4.69, 9.17) is 9.47 Å². The third-order valence-electron chi connectivity index (χ3n) is 5.12. The van der Waals surface area contributed by atoms with Crippen molar-refractivity contribution in [3.8, 4) is 11.5 Å². The van der Waals surface area contributed by atoms with Crippen molar-refractivity contribution in [1.82, 2.24) is 10.2 Å². The highest BCUT2D eigenvalue weighted by Crippen LogP contribution is 2.28. The van der Waals surface area contributed by atoms with Gasteiger partial charge in [0.25, 0.3) is 5.91 Å². The number of benzene rings is 2. The Kier molecular flexibility index (Phi) is 6.75. The Hall–Kier alpha value is -2.31. The van der Waals surface area contributed by atoms with Crippen LogP contribution in [0.1, 0.15) is 37.0 Å². The second kappa shape index (κ2) is 9.26. The van der Waals surface area contributed by atoms with Crippen molar-refractivity contribution in [3.63, 3.8) is 0 Å². The smallest absolute Gasteiger partial charge is 0.255 e. The molecule has 0 bridgehead atoms. The van der Waals surface area contributed by atoms with Crippen molar-refractivity contribution < 1.29 is 19.4 Å². The van der Waals surface area contributed by atoms with Crippen molar-refractivity contribution in [3.05, 3.63) is 35.9 Å². The number of phenols is 1. The largest absolute Gasteiger partial charge is 0.507 e. The van der Waals surface area contributed by atoms with Crippen LogP contribution in [-0.2, 0) is 4.74 Å². The second-order valence-corrected chi connectivity index (χ2v) is 7.56. The number of amides is 1. The first-order chi connectivity index (χ1) is 13.5. The van der Waals surface area contributed by atoms with E-state index in [1.807, 2.05) is 18.2 Å². The lowest BCUT2D eigenvalue weighted by Crippen LogP contribution is -2.41. The average Bonchev–Trinajstić information content (AvgIpc) is 2.67. The molecule has 2 aromatic carbocycles. The van der Waals surface area contributed by atoms with Crippen molar-refractivity contribution in [2.75, 3.05) is 33.3 Å². The summed E-state index contributed by atoms with van der Waals surface area (Å²) >= 11 is 0. The van der Waals surface area contributed by atoms with Crippen LogP contribution in [0.5, 0.6) is 11.5 Å². The lowest BCUT2D eigenvalue weighted by atomic mass is 10.0. The van der Waals surface area contributed by atoms with Crippen molar-refractivity contribution in [1.29, 1.82) is 0 Å². The fourth-order valence-electron chi connectivity index (χ4n) is 3.65. The van der Waals surface area contributed by atoms with Gasteiger partial charge in [0.2, 0.25) is 0 Å². The van der Waals surface area contributed by atoms with Crippen LogP contribution in [0.2, 0.25) is 0 Å². The molecule has 0 aliphatic carbocycles. The standard InChI is InChI=1S/C22H30N2O4/c1-15(2)28-18-6-9-24(10-7-18)11-8-23-22(26)20-13-16-4-5-19(27-3)12-17(16)14-21(20)25/h4-5,12-15,18,25H,6-11H2,1-3H3,(H,23,26). The normalized spacial score (nSPS) is 15.9. The minimum atomic E-state index is -0.256. The van der Waals surface area contributed by atoms with Crippen molar-refractivity contribution >= 4 is 16.7 Å². The summed E-state index contributed by atoms with van der Waals surface area (Å²) in [5.41, 5.74) is 0.293. The Balaban J connectivity index is 1.52. The van der Waals surface area contributed by atoms with Gasteiger partial charge in [-0.3, -0.25) is 4.79 Å². The summed E-state index contributed by atoms with van der Waals surface area (Å²) < 4.78 is 11.1. The molecule has 1 fully saturated rings. The highest BCUT2D eigenvalue weighted by Gasteiger charge is 2.20. The van der Waals surface area contributed by atoms with E-state index < -0.39 is 0 Å². The lowest BCUT2D eigenvalue weighted by molar-refractivity contribution is -0.0265. The summed E-state index contributed by atoms with van der Waals surface area (Å²) in [6.07, 6.45) is 2.67. The van der Waals surface area contributed by atoms with Crippen LogP contribution in [0, 0.1) is 0 Å². The zero-order valence-electron chi connectivity index (χ0n) is 16.9. The number of nitrogens with one attached hydrogen (secondary N) is 1. The van der Waals surface area contributed by atoms with E-state index in [1.165, 1.54) is 0 Å². The Morgan fingerprint density at radius 1 is 1.21 bits per heavy atom. The van der Waals surface area contributed by atoms with Crippen LogP contribution >= 0.6 is 0 Å². The predicted octanol–water partition coefficient (Wildman–Crippen LogP) is 3.17. The van der Waals surface area contributed by atoms with Crippen LogP contribution in [0.4, 0.5) is 0 Å². The summed E-state index contributed by atoms with van der Waals surface area (Å²) in [7, 11) is 1.60. The Morgan fingerprint density at radius 3 is 2.64 bits per heavy atom. The number of rotatable bonds is 7. The summed E-state index contributed by atoms with van der Waals surface area (Å²) in [6.45, 7) is 7.45. The molecule has 0 unspecified atom stereocenters. The van der Waals surface area contributed by atoms with Gasteiger partial charge in [-0.25, -0.2) is 0 Å². The number of hydrogen-bond donors (Lipinski definition) is 2. The molecule has 6 nitrogen and oxygen atoms in total. The van der Waals surface area contributed by atoms with E-state index in [1.54, 1.807) is 19.2 Å². The number of ether oxygens (including phenoxy) is 2. The molecule has 1 amide bonds. The zero-order valence-corrected chi connectivity index (χ0v) is 16.9. The molecule has 3 rings (SSSR count). The number of likely N-dealkylation sites (tertiary alicyclic amines) is 1. The third-order valence-corrected chi connectivity index (χ3v) is 5.12. The zero-order chi connectivity index (χ0) is 20.1. The monoisotopic (exact) mass is 386 g/mol. The molecular formula is C22H30N2O4. The molecule has 0 saturated carbocycles. The number of aromatic hydroxyl groups is 1. The molecule has 152 valence electrons. The van der Waals surface area contributed by atoms with Gasteiger partial charge >= 0.3 is 0 Å². The van der Waals surface area contributed by atoms with Crippen LogP contribution in [-0.4, -0.2) is 61.4 Å². The van der Waals surface area contributed by atoms with E-state index >= 15 is 0 Å². The number of methoxy groups -OCH3 is 1. The maximum absolute atomic E-state index is 12.5. The highest BCUT2D eigenvalue weighted by atomic mass is 16.5. The SMILES string of the molecule is COc1ccc2cc(C(=O)NCCN3CCC(OC(C)C)CC3)c(O)cc2c1. The first-order valence-corrected chi connectivity index (χ1v) is 9.93. The maximum atomic E-state index is 12.5. The molecule has 1 saturated heterocycles. The summed E-state index contributed by atoms with van der Waals surface area (Å²) in [5, 5.41) is 14.9. The number of phenolic OH excluding ortho intramolecular Hbond substituents is 1. The van der Waals surface area contributed by atoms with Gasteiger partial charge < -0.3 is 24.8 Å². The minimum absolute atomic E-state index is 0.0232. The fraction of sp³-hybridized carbons (Fsp3) is 0.500. The van der Waals surface area contributed by atoms with Crippen LogP contribution in [0.25, 0.3) is 10.8 Å². The van der Waals surface area contributed by atoms with Crippen molar-refractivity contribution in [2.24, 2.45) is 0 Å². The number of carbonyl (C=O) groups excluding carboxylic acids is 1. The van der Waals surface area contributed by atoms with Gasteiger partial charge in [-0.1, -0.05) is 6.07 Å². The Morgan fingerprint density at radius 2 is 1.96 bits per heavy atom. The molecule has 2 N–H and O–H groups in total. The molecular weight excluding hydrogens is 356 g/mol. The summed E-state index contributed by atoms with van der Waals surface area (Å²) in [5.74, 6) is 0.435. The van der Waals surface area contributed by atoms with E-state index in [0.29, 0.717) is 24.0 Å². The molecule has 2 aromatic rings. The summed E-state index contributed by atoms with van der Waals surface area (Å²) in [6, 6.07) is 8.88. The molecule has 0 spiro atoms. The maximum Gasteiger partial charge on any atom is 0.255 e. The first kappa shape index (κ1) is 20.4. The molecule has 6 heteroatoms. The quantitative estimate of drug-likeness (QED) is 0.765. The topological polar surface area (TPSA) is 71.0 Å². The lowest BCUT2D eigenvalue weighted by Gasteiger charge is -2.32. The molecule has 0 atom stereocenters. The summed E-state index contributed by atoms with van der Waals surface area (Å²) in [4.78, 5) is 14.9. The van der Waals surface area contributed by atoms with E-state index in [-0.39, 0.29) is 17.8 Å². The van der Waals surface area contributed by atoms with Gasteiger partial charge in [-0.05, 0) is 61.7 Å². The molecule has 0 radical (unpaired) electrons. The van der Waals surface area contributed by atoms with Gasteiger partial charge in [0.05, 0.1) is 24.9 Å². The van der Waals surface area contributed by atoms with E-state index in [9.17, 15) is 9.90 Å². The van der Waals surface area contributed by atoms with Crippen LogP contribution in [0.3, 0.4) is 0 Å². The molecule has 28 heavy (non-hydrogen) atoms. The van der Waals surface area contributed by atoms with Gasteiger partial charge in [0, 0.05) is 26.2 Å². The van der Waals surface area contributed by atoms with Gasteiger partial charge in [-0.15, -0.1) is 0 Å². The van der Waals surface area contributed by atoms with Crippen LogP contribution in [0.15, 0.2) is 30.3 Å². The van der Waals surface area contributed by atoms with Crippen LogP contribution < -0.4 is 10.1 Å². The first-order valence-electron chi connectivity index (χ1n) is 9.93. The average molecular weight is 386 g/mol. The van der Waals surface area contributed by atoms with Gasteiger partial charge in [0.15, 0.2) is 0 Å². The van der Waals surface area contributed by atoms with Crippen molar-refractivity contribution in [2.45, 2.75) is 38.9 Å². The number of nitrogens with zero attached hydrogens (tertiary/aromatic N) is 1. The number of carbonyl (C=O) groups is 1. The predicted molar refractivity (Wildman–Crippen MR) is 110 cm³/mol. The molecule has 1 heterocycles. The Labute approximate surface area is 166 Å². The highest BCUT2D eigenvalue weighted by molar-refractivity contribution is 6.01. The van der Waals surface area contributed by atoms with Gasteiger partial charge in [-0.2, -0.15) is 0 Å². The molecule has 0 aromatic heterocycles. The van der Waals surface area contributed by atoms with E-state index in [2.05, 4.69) is 24.1 Å².